The number of Topliss-reactive ketones (excluding diaryl/α,β-unsaturated/α-hetero) is 1. The van der Waals surface area contributed by atoms with Crippen LogP contribution in [0, 0.1) is 6.92 Å². The number of ketones is 1. The molecular formula is C15H17NO5S. The second-order valence-electron chi connectivity index (χ2n) is 4.90. The van der Waals surface area contributed by atoms with Crippen LogP contribution in [-0.2, 0) is 10.0 Å². The average Bonchev–Trinajstić information content (AvgIpc) is 2.91. The quantitative estimate of drug-likeness (QED) is 0.790. The van der Waals surface area contributed by atoms with Gasteiger partial charge in [0.1, 0.15) is 17.6 Å². The summed E-state index contributed by atoms with van der Waals surface area (Å²) in [6.45, 7) is 2.87. The first-order valence-corrected chi connectivity index (χ1v) is 8.13. The second-order valence-corrected chi connectivity index (χ2v) is 6.67. The second kappa shape index (κ2) is 6.43. The fraction of sp³-hybridized carbons (Fsp3) is 0.267. The molecule has 1 heterocycles. The number of furan rings is 1. The van der Waals surface area contributed by atoms with Crippen molar-refractivity contribution in [1.82, 2.24) is 4.72 Å². The van der Waals surface area contributed by atoms with E-state index >= 15 is 0 Å². The summed E-state index contributed by atoms with van der Waals surface area (Å²) in [6.07, 6.45) is -1.08. The third kappa shape index (κ3) is 3.82. The van der Waals surface area contributed by atoms with Crippen LogP contribution in [0.5, 0.6) is 0 Å². The van der Waals surface area contributed by atoms with Gasteiger partial charge in [-0.15, -0.1) is 0 Å². The van der Waals surface area contributed by atoms with Gasteiger partial charge in [0.05, 0.1) is 4.90 Å². The molecule has 1 atom stereocenters. The molecule has 0 fully saturated rings. The maximum Gasteiger partial charge on any atom is 0.240 e. The van der Waals surface area contributed by atoms with E-state index in [1.807, 2.05) is 0 Å². The first-order chi connectivity index (χ1) is 10.3. The number of aryl methyl sites for hydroxylation is 1. The van der Waals surface area contributed by atoms with Gasteiger partial charge in [-0.1, -0.05) is 12.1 Å². The van der Waals surface area contributed by atoms with Gasteiger partial charge in [-0.05, 0) is 38.1 Å². The first kappa shape index (κ1) is 16.4. The monoisotopic (exact) mass is 323 g/mol. The van der Waals surface area contributed by atoms with Crippen molar-refractivity contribution in [3.63, 3.8) is 0 Å². The van der Waals surface area contributed by atoms with Gasteiger partial charge in [-0.25, -0.2) is 13.1 Å². The molecule has 0 saturated heterocycles. The Hall–Kier alpha value is -1.96. The highest BCUT2D eigenvalue weighted by molar-refractivity contribution is 7.89. The molecule has 0 aliphatic heterocycles. The Kier molecular flexibility index (Phi) is 4.80. The number of rotatable bonds is 6. The summed E-state index contributed by atoms with van der Waals surface area (Å²) in [6, 6.07) is 9.00. The molecule has 0 bridgehead atoms. The predicted octanol–water partition coefficient (Wildman–Crippen LogP) is 1.80. The lowest BCUT2D eigenvalue weighted by Crippen LogP contribution is -2.28. The number of aliphatic hydroxyl groups excluding tert-OH is 1. The van der Waals surface area contributed by atoms with Crippen LogP contribution >= 0.6 is 0 Å². The third-order valence-electron chi connectivity index (χ3n) is 3.11. The average molecular weight is 323 g/mol. The highest BCUT2D eigenvalue weighted by Crippen LogP contribution is 2.17. The molecule has 0 aliphatic carbocycles. The van der Waals surface area contributed by atoms with E-state index in [4.69, 9.17) is 4.42 Å². The standard InChI is InChI=1S/C15H17NO5S/c1-10-6-7-15(21-10)14(18)9-16-22(19,20)13-5-3-4-12(8-13)11(2)17/h3-8,14,16,18H,9H2,1-2H3. The van der Waals surface area contributed by atoms with Crippen molar-refractivity contribution in [3.05, 3.63) is 53.5 Å². The maximum absolute atomic E-state index is 12.2. The van der Waals surface area contributed by atoms with Crippen LogP contribution in [0.3, 0.4) is 0 Å². The van der Waals surface area contributed by atoms with Crippen LogP contribution in [0.2, 0.25) is 0 Å². The minimum Gasteiger partial charge on any atom is -0.464 e. The van der Waals surface area contributed by atoms with Gasteiger partial charge in [0, 0.05) is 12.1 Å². The zero-order chi connectivity index (χ0) is 16.3. The molecular weight excluding hydrogens is 306 g/mol. The number of carbonyl (C=O) groups excluding carboxylic acids is 1. The summed E-state index contributed by atoms with van der Waals surface area (Å²) < 4.78 is 31.9. The lowest BCUT2D eigenvalue weighted by Gasteiger charge is -2.11. The number of carbonyl (C=O) groups is 1. The fourth-order valence-electron chi connectivity index (χ4n) is 1.89. The van der Waals surface area contributed by atoms with Gasteiger partial charge in [0.15, 0.2) is 5.78 Å². The molecule has 1 aromatic heterocycles. The first-order valence-electron chi connectivity index (χ1n) is 6.64. The lowest BCUT2D eigenvalue weighted by atomic mass is 10.2. The normalized spacial score (nSPS) is 13.0. The molecule has 2 aromatic rings. The molecule has 0 amide bonds. The molecule has 0 radical (unpaired) electrons. The maximum atomic E-state index is 12.2. The van der Waals surface area contributed by atoms with Crippen LogP contribution in [-0.4, -0.2) is 25.9 Å². The molecule has 2 N–H and O–H groups in total. The Labute approximate surface area is 128 Å². The van der Waals surface area contributed by atoms with Gasteiger partial charge >= 0.3 is 0 Å². The van der Waals surface area contributed by atoms with Gasteiger partial charge in [-0.3, -0.25) is 4.79 Å². The van der Waals surface area contributed by atoms with E-state index in [1.165, 1.54) is 25.1 Å². The summed E-state index contributed by atoms with van der Waals surface area (Å²) in [7, 11) is -3.82. The molecule has 2 rings (SSSR count). The van der Waals surface area contributed by atoms with Crippen LogP contribution < -0.4 is 4.72 Å². The predicted molar refractivity (Wildman–Crippen MR) is 80.0 cm³/mol. The van der Waals surface area contributed by atoms with Gasteiger partial charge in [0.25, 0.3) is 0 Å². The SMILES string of the molecule is CC(=O)c1cccc(S(=O)(=O)NCC(O)c2ccc(C)o2)c1. The Balaban J connectivity index is 2.11. The molecule has 1 unspecified atom stereocenters. The highest BCUT2D eigenvalue weighted by atomic mass is 32.2. The molecule has 0 aliphatic rings. The van der Waals surface area contributed by atoms with Crippen molar-refractivity contribution in [2.45, 2.75) is 24.8 Å². The summed E-state index contributed by atoms with van der Waals surface area (Å²) in [4.78, 5) is 11.3. The summed E-state index contributed by atoms with van der Waals surface area (Å²) in [5, 5.41) is 9.91. The summed E-state index contributed by atoms with van der Waals surface area (Å²) in [5.41, 5.74) is 0.310. The van der Waals surface area contributed by atoms with Gasteiger partial charge in [0.2, 0.25) is 10.0 Å². The number of hydrogen-bond acceptors (Lipinski definition) is 5. The molecule has 118 valence electrons. The summed E-state index contributed by atoms with van der Waals surface area (Å²) >= 11 is 0. The zero-order valence-corrected chi connectivity index (χ0v) is 13.1. The Morgan fingerprint density at radius 3 is 2.64 bits per heavy atom. The smallest absolute Gasteiger partial charge is 0.240 e. The van der Waals surface area contributed by atoms with Crippen LogP contribution in [0.25, 0.3) is 0 Å². The van der Waals surface area contributed by atoms with Gasteiger partial charge < -0.3 is 9.52 Å². The Bertz CT molecular complexity index is 779. The van der Waals surface area contributed by atoms with Crippen LogP contribution in [0.4, 0.5) is 0 Å². The Morgan fingerprint density at radius 2 is 2.05 bits per heavy atom. The van der Waals surface area contributed by atoms with E-state index in [2.05, 4.69) is 4.72 Å². The van der Waals surface area contributed by atoms with Crippen molar-refractivity contribution in [2.24, 2.45) is 0 Å². The number of aliphatic hydroxyl groups is 1. The molecule has 7 heteroatoms. The summed E-state index contributed by atoms with van der Waals surface area (Å²) in [5.74, 6) is 0.701. The number of hydrogen-bond donors (Lipinski definition) is 2. The minimum absolute atomic E-state index is 0.0250. The highest BCUT2D eigenvalue weighted by Gasteiger charge is 2.19. The zero-order valence-electron chi connectivity index (χ0n) is 12.2. The van der Waals surface area contributed by atoms with Crippen LogP contribution in [0.1, 0.15) is 34.9 Å². The van der Waals surface area contributed by atoms with Crippen LogP contribution in [0.15, 0.2) is 45.7 Å². The van der Waals surface area contributed by atoms with Crippen molar-refractivity contribution < 1.29 is 22.7 Å². The minimum atomic E-state index is -3.82. The van der Waals surface area contributed by atoms with Crippen molar-refractivity contribution >= 4 is 15.8 Å². The van der Waals surface area contributed by atoms with E-state index in [-0.39, 0.29) is 23.0 Å². The number of nitrogens with one attached hydrogen (secondary N) is 1. The molecule has 6 nitrogen and oxygen atoms in total. The van der Waals surface area contributed by atoms with E-state index in [9.17, 15) is 18.3 Å². The van der Waals surface area contributed by atoms with Crippen molar-refractivity contribution in [3.8, 4) is 0 Å². The lowest BCUT2D eigenvalue weighted by molar-refractivity contribution is 0.101. The molecule has 0 spiro atoms. The van der Waals surface area contributed by atoms with Crippen molar-refractivity contribution in [1.29, 1.82) is 0 Å². The Morgan fingerprint density at radius 1 is 1.32 bits per heavy atom. The number of benzene rings is 1. The van der Waals surface area contributed by atoms with Crippen molar-refractivity contribution in [2.75, 3.05) is 6.54 Å². The van der Waals surface area contributed by atoms with E-state index < -0.39 is 16.1 Å². The van der Waals surface area contributed by atoms with Gasteiger partial charge in [-0.2, -0.15) is 0 Å². The molecule has 22 heavy (non-hydrogen) atoms. The van der Waals surface area contributed by atoms with E-state index in [0.717, 1.165) is 0 Å². The number of sulfonamides is 1. The fourth-order valence-corrected chi connectivity index (χ4v) is 2.97. The van der Waals surface area contributed by atoms with E-state index in [0.29, 0.717) is 11.3 Å². The van der Waals surface area contributed by atoms with E-state index in [1.54, 1.807) is 25.1 Å². The molecule has 1 aromatic carbocycles. The largest absolute Gasteiger partial charge is 0.464 e. The third-order valence-corrected chi connectivity index (χ3v) is 4.53. The topological polar surface area (TPSA) is 96.6 Å². The molecule has 0 saturated carbocycles.